The first-order valence-electron chi connectivity index (χ1n) is 11.4. The van der Waals surface area contributed by atoms with E-state index >= 15 is 0 Å². The van der Waals surface area contributed by atoms with Crippen molar-refractivity contribution in [3.63, 3.8) is 0 Å². The van der Waals surface area contributed by atoms with Crippen molar-refractivity contribution in [3.05, 3.63) is 90.0 Å². The van der Waals surface area contributed by atoms with Gasteiger partial charge in [-0.2, -0.15) is 0 Å². The van der Waals surface area contributed by atoms with Gasteiger partial charge in [-0.3, -0.25) is 4.90 Å². The Morgan fingerprint density at radius 1 is 0.750 bits per heavy atom. The molecule has 0 bridgehead atoms. The van der Waals surface area contributed by atoms with Crippen LogP contribution in [-0.4, -0.2) is 49.3 Å². The first kappa shape index (κ1) is 20.9. The van der Waals surface area contributed by atoms with Crippen molar-refractivity contribution in [2.24, 2.45) is 0 Å². The maximum absolute atomic E-state index is 6.37. The van der Waals surface area contributed by atoms with Crippen LogP contribution in [0.15, 0.2) is 78.9 Å². The number of nitrogens with zero attached hydrogens (tertiary/aromatic N) is 2. The SMILES string of the molecule is c1ccc(OC(CCN2CCN(Cc3ccc4c(c3)OCO4)CC2)c2ccccc2)cc1. The minimum Gasteiger partial charge on any atom is -0.486 e. The zero-order valence-corrected chi connectivity index (χ0v) is 18.4. The second-order valence-electron chi connectivity index (χ2n) is 8.42. The van der Waals surface area contributed by atoms with Crippen molar-refractivity contribution >= 4 is 0 Å². The molecule has 1 unspecified atom stereocenters. The molecule has 2 aliphatic heterocycles. The van der Waals surface area contributed by atoms with E-state index in [2.05, 4.69) is 52.3 Å². The number of piperazine rings is 1. The van der Waals surface area contributed by atoms with Crippen LogP contribution in [0.2, 0.25) is 0 Å². The van der Waals surface area contributed by atoms with Crippen molar-refractivity contribution in [2.75, 3.05) is 39.5 Å². The standard InChI is InChI=1S/C27H30N2O3/c1-3-7-23(8-4-1)25(32-24-9-5-2-6-10-24)13-14-28-15-17-29(18-16-28)20-22-11-12-26-27(19-22)31-21-30-26/h1-12,19,25H,13-18,20-21H2. The Kier molecular flexibility index (Phi) is 6.56. The van der Waals surface area contributed by atoms with Crippen LogP contribution in [0.1, 0.15) is 23.7 Å². The molecule has 2 aliphatic rings. The van der Waals surface area contributed by atoms with Crippen molar-refractivity contribution in [2.45, 2.75) is 19.1 Å². The zero-order valence-electron chi connectivity index (χ0n) is 18.4. The van der Waals surface area contributed by atoms with Crippen LogP contribution in [0.25, 0.3) is 0 Å². The van der Waals surface area contributed by atoms with Crippen LogP contribution in [0.3, 0.4) is 0 Å². The average Bonchev–Trinajstić information content (AvgIpc) is 3.32. The highest BCUT2D eigenvalue weighted by Crippen LogP contribution is 2.33. The Hall–Kier alpha value is -3.02. The van der Waals surface area contributed by atoms with Gasteiger partial charge in [-0.05, 0) is 35.4 Å². The highest BCUT2D eigenvalue weighted by molar-refractivity contribution is 5.44. The lowest BCUT2D eigenvalue weighted by atomic mass is 10.1. The number of ether oxygens (including phenoxy) is 3. The molecule has 0 aliphatic carbocycles. The molecule has 166 valence electrons. The molecule has 5 rings (SSSR count). The van der Waals surface area contributed by atoms with Crippen molar-refractivity contribution in [1.82, 2.24) is 9.80 Å². The second-order valence-corrected chi connectivity index (χ2v) is 8.42. The van der Waals surface area contributed by atoms with Crippen LogP contribution < -0.4 is 14.2 Å². The third-order valence-corrected chi connectivity index (χ3v) is 6.21. The fourth-order valence-corrected chi connectivity index (χ4v) is 4.39. The maximum atomic E-state index is 6.37. The summed E-state index contributed by atoms with van der Waals surface area (Å²) in [5.41, 5.74) is 2.51. The molecule has 2 heterocycles. The summed E-state index contributed by atoms with van der Waals surface area (Å²) in [7, 11) is 0. The van der Waals surface area contributed by atoms with E-state index in [1.54, 1.807) is 0 Å². The molecule has 0 saturated carbocycles. The van der Waals surface area contributed by atoms with Crippen LogP contribution >= 0.6 is 0 Å². The molecule has 1 saturated heterocycles. The zero-order chi connectivity index (χ0) is 21.6. The molecule has 0 aromatic heterocycles. The Morgan fingerprint density at radius 3 is 2.22 bits per heavy atom. The Balaban J connectivity index is 1.13. The van der Waals surface area contributed by atoms with Gasteiger partial charge >= 0.3 is 0 Å². The van der Waals surface area contributed by atoms with Gasteiger partial charge in [0.05, 0.1) is 0 Å². The highest BCUT2D eigenvalue weighted by Gasteiger charge is 2.21. The smallest absolute Gasteiger partial charge is 0.231 e. The fraction of sp³-hybridized carbons (Fsp3) is 0.333. The molecule has 0 amide bonds. The summed E-state index contributed by atoms with van der Waals surface area (Å²) in [5.74, 6) is 2.64. The summed E-state index contributed by atoms with van der Waals surface area (Å²) in [4.78, 5) is 5.07. The number of hydrogen-bond acceptors (Lipinski definition) is 5. The quantitative estimate of drug-likeness (QED) is 0.516. The monoisotopic (exact) mass is 430 g/mol. The molecular formula is C27H30N2O3. The number of benzene rings is 3. The van der Waals surface area contributed by atoms with Gasteiger partial charge in [-0.15, -0.1) is 0 Å². The molecule has 32 heavy (non-hydrogen) atoms. The van der Waals surface area contributed by atoms with Crippen molar-refractivity contribution in [3.8, 4) is 17.2 Å². The third kappa shape index (κ3) is 5.23. The topological polar surface area (TPSA) is 34.2 Å². The number of para-hydroxylation sites is 1. The van der Waals surface area contributed by atoms with E-state index in [0.717, 1.165) is 62.9 Å². The third-order valence-electron chi connectivity index (χ3n) is 6.21. The highest BCUT2D eigenvalue weighted by atomic mass is 16.7. The van der Waals surface area contributed by atoms with Crippen LogP contribution in [0.4, 0.5) is 0 Å². The van der Waals surface area contributed by atoms with Crippen molar-refractivity contribution < 1.29 is 14.2 Å². The molecule has 1 fully saturated rings. The van der Waals surface area contributed by atoms with Crippen LogP contribution in [-0.2, 0) is 6.54 Å². The molecule has 3 aromatic carbocycles. The molecule has 3 aromatic rings. The predicted molar refractivity (Wildman–Crippen MR) is 125 cm³/mol. The van der Waals surface area contributed by atoms with Gasteiger partial charge in [0.15, 0.2) is 11.5 Å². The van der Waals surface area contributed by atoms with Gasteiger partial charge in [0.25, 0.3) is 0 Å². The lowest BCUT2D eigenvalue weighted by Crippen LogP contribution is -2.46. The minimum absolute atomic E-state index is 0.0604. The Labute approximate surface area is 190 Å². The van der Waals surface area contributed by atoms with Gasteiger partial charge in [0.1, 0.15) is 11.9 Å². The normalized spacial score (nSPS) is 17.2. The Bertz CT molecular complexity index is 988. The van der Waals surface area contributed by atoms with Crippen LogP contribution in [0.5, 0.6) is 17.2 Å². The van der Waals surface area contributed by atoms with Gasteiger partial charge in [0.2, 0.25) is 6.79 Å². The predicted octanol–water partition coefficient (Wildman–Crippen LogP) is 4.74. The van der Waals surface area contributed by atoms with E-state index < -0.39 is 0 Å². The number of rotatable bonds is 8. The summed E-state index contributed by atoms with van der Waals surface area (Å²) in [6.07, 6.45) is 1.03. The molecule has 5 heteroatoms. The van der Waals surface area contributed by atoms with Crippen LogP contribution in [0, 0.1) is 0 Å². The van der Waals surface area contributed by atoms with Gasteiger partial charge in [0, 0.05) is 45.7 Å². The first-order valence-corrected chi connectivity index (χ1v) is 11.4. The van der Waals surface area contributed by atoms with Gasteiger partial charge < -0.3 is 19.1 Å². The summed E-state index contributed by atoms with van der Waals surface area (Å²) in [5, 5.41) is 0. The molecule has 0 spiro atoms. The maximum Gasteiger partial charge on any atom is 0.231 e. The molecule has 5 nitrogen and oxygen atoms in total. The molecule has 0 radical (unpaired) electrons. The average molecular weight is 431 g/mol. The summed E-state index contributed by atoms with van der Waals surface area (Å²) < 4.78 is 17.3. The van der Waals surface area contributed by atoms with Crippen molar-refractivity contribution in [1.29, 1.82) is 0 Å². The fourth-order valence-electron chi connectivity index (χ4n) is 4.39. The van der Waals surface area contributed by atoms with E-state index in [-0.39, 0.29) is 6.10 Å². The van der Waals surface area contributed by atoms with Gasteiger partial charge in [-0.25, -0.2) is 0 Å². The van der Waals surface area contributed by atoms with E-state index in [4.69, 9.17) is 14.2 Å². The minimum atomic E-state index is 0.0604. The first-order chi connectivity index (χ1) is 15.8. The summed E-state index contributed by atoms with van der Waals surface area (Å²) in [6, 6.07) is 27.0. The van der Waals surface area contributed by atoms with E-state index in [9.17, 15) is 0 Å². The lowest BCUT2D eigenvalue weighted by Gasteiger charge is -2.35. The summed E-state index contributed by atoms with van der Waals surface area (Å²) in [6.45, 7) is 6.62. The molecular weight excluding hydrogens is 400 g/mol. The molecule has 0 N–H and O–H groups in total. The summed E-state index contributed by atoms with van der Waals surface area (Å²) >= 11 is 0. The van der Waals surface area contributed by atoms with E-state index in [0.29, 0.717) is 6.79 Å². The largest absolute Gasteiger partial charge is 0.486 e. The van der Waals surface area contributed by atoms with Gasteiger partial charge in [-0.1, -0.05) is 54.6 Å². The lowest BCUT2D eigenvalue weighted by molar-refractivity contribution is 0.107. The Morgan fingerprint density at radius 2 is 1.44 bits per heavy atom. The molecule has 1 atom stereocenters. The van der Waals surface area contributed by atoms with E-state index in [1.807, 2.05) is 36.4 Å². The number of fused-ring (bicyclic) bond motifs is 1. The second kappa shape index (κ2) is 10.1. The number of hydrogen-bond donors (Lipinski definition) is 0. The van der Waals surface area contributed by atoms with E-state index in [1.165, 1.54) is 11.1 Å².